The first-order valence-corrected chi connectivity index (χ1v) is 9.00. The molecule has 30 heavy (non-hydrogen) atoms. The Balaban J connectivity index is 1.79. The number of ether oxygens (including phenoxy) is 2. The van der Waals surface area contributed by atoms with Crippen LogP contribution in [0.3, 0.4) is 0 Å². The van der Waals surface area contributed by atoms with Gasteiger partial charge in [0.1, 0.15) is 0 Å². The van der Waals surface area contributed by atoms with Gasteiger partial charge >= 0.3 is 12.3 Å². The van der Waals surface area contributed by atoms with Crippen molar-refractivity contribution >= 4 is 16.8 Å². The quantitative estimate of drug-likeness (QED) is 0.612. The fraction of sp³-hybridized carbons (Fsp3) is 0.250. The monoisotopic (exact) mass is 419 g/mol. The maximum absolute atomic E-state index is 12.5. The topological polar surface area (TPSA) is 102 Å². The van der Waals surface area contributed by atoms with Gasteiger partial charge in [0.2, 0.25) is 0 Å². The number of alkyl halides is 2. The number of benzene rings is 2. The Bertz CT molecular complexity index is 1200. The smallest absolute Gasteiger partial charge is 0.387 e. The van der Waals surface area contributed by atoms with Crippen LogP contribution >= 0.6 is 0 Å². The van der Waals surface area contributed by atoms with Gasteiger partial charge in [-0.15, -0.1) is 0 Å². The minimum atomic E-state index is -2.98. The summed E-state index contributed by atoms with van der Waals surface area (Å²) in [5.74, 6) is -0.444. The Morgan fingerprint density at radius 1 is 1.17 bits per heavy atom. The van der Waals surface area contributed by atoms with Crippen LogP contribution in [0.1, 0.15) is 22.8 Å². The third-order valence-corrected chi connectivity index (χ3v) is 4.46. The Hall–Kier alpha value is -3.69. The highest BCUT2D eigenvalue weighted by Gasteiger charge is 2.13. The SMILES string of the molecule is CCn1c(=O)[nH]c2cc(C(=O)NCc3ccc(OC(F)F)c(OC)c3)ccc2c1=O. The van der Waals surface area contributed by atoms with Crippen molar-refractivity contribution in [2.45, 2.75) is 26.6 Å². The first kappa shape index (κ1) is 21.0. The van der Waals surface area contributed by atoms with Crippen LogP contribution in [0.4, 0.5) is 8.78 Å². The zero-order valence-corrected chi connectivity index (χ0v) is 16.2. The summed E-state index contributed by atoms with van der Waals surface area (Å²) in [6.45, 7) is -0.969. The standard InChI is InChI=1S/C20H19F2N3O5/c1-3-25-18(27)13-6-5-12(9-14(13)24-20(25)28)17(26)23-10-11-4-7-15(30-19(21)22)16(8-11)29-2/h4-9,19H,3,10H2,1-2H3,(H,23,26)(H,24,28). The second-order valence-corrected chi connectivity index (χ2v) is 6.29. The number of fused-ring (bicyclic) bond motifs is 1. The lowest BCUT2D eigenvalue weighted by molar-refractivity contribution is -0.0512. The van der Waals surface area contributed by atoms with Gasteiger partial charge in [0.05, 0.1) is 18.0 Å². The van der Waals surface area contributed by atoms with E-state index in [1.54, 1.807) is 6.92 Å². The fourth-order valence-electron chi connectivity index (χ4n) is 2.98. The Kier molecular flexibility index (Phi) is 6.14. The maximum Gasteiger partial charge on any atom is 0.387 e. The molecule has 0 aliphatic rings. The van der Waals surface area contributed by atoms with E-state index in [2.05, 4.69) is 15.0 Å². The molecule has 0 unspecified atom stereocenters. The highest BCUT2D eigenvalue weighted by atomic mass is 19.3. The number of hydrogen-bond donors (Lipinski definition) is 2. The molecular weight excluding hydrogens is 400 g/mol. The van der Waals surface area contributed by atoms with Crippen LogP contribution in [0.5, 0.6) is 11.5 Å². The van der Waals surface area contributed by atoms with Gasteiger partial charge in [0.25, 0.3) is 11.5 Å². The van der Waals surface area contributed by atoms with E-state index in [-0.39, 0.29) is 35.7 Å². The van der Waals surface area contributed by atoms with Crippen LogP contribution in [0.2, 0.25) is 0 Å². The summed E-state index contributed by atoms with van der Waals surface area (Å²) >= 11 is 0. The van der Waals surface area contributed by atoms with E-state index >= 15 is 0 Å². The molecule has 0 radical (unpaired) electrons. The van der Waals surface area contributed by atoms with Crippen LogP contribution in [-0.4, -0.2) is 29.2 Å². The van der Waals surface area contributed by atoms with E-state index in [9.17, 15) is 23.2 Å². The number of H-pyrrole nitrogens is 1. The molecule has 0 atom stereocenters. The molecule has 3 rings (SSSR count). The van der Waals surface area contributed by atoms with Gasteiger partial charge in [-0.3, -0.25) is 14.2 Å². The maximum atomic E-state index is 12.5. The van der Waals surface area contributed by atoms with Crippen molar-refractivity contribution in [1.82, 2.24) is 14.9 Å². The van der Waals surface area contributed by atoms with Gasteiger partial charge in [-0.05, 0) is 42.8 Å². The molecule has 8 nitrogen and oxygen atoms in total. The lowest BCUT2D eigenvalue weighted by Gasteiger charge is -2.12. The summed E-state index contributed by atoms with van der Waals surface area (Å²) in [5.41, 5.74) is 0.128. The number of amides is 1. The molecular formula is C20H19F2N3O5. The number of hydrogen-bond acceptors (Lipinski definition) is 5. The van der Waals surface area contributed by atoms with E-state index in [0.717, 1.165) is 4.57 Å². The first-order valence-electron chi connectivity index (χ1n) is 9.00. The van der Waals surface area contributed by atoms with Crippen LogP contribution in [0.15, 0.2) is 46.0 Å². The predicted octanol–water partition coefficient (Wildman–Crippen LogP) is 2.25. The van der Waals surface area contributed by atoms with E-state index in [1.807, 2.05) is 0 Å². The summed E-state index contributed by atoms with van der Waals surface area (Å²) in [6, 6.07) is 8.71. The summed E-state index contributed by atoms with van der Waals surface area (Å²) < 4.78 is 35.3. The molecule has 158 valence electrons. The normalized spacial score (nSPS) is 11.0. The Morgan fingerprint density at radius 2 is 1.93 bits per heavy atom. The number of nitrogens with zero attached hydrogens (tertiary/aromatic N) is 1. The number of aromatic amines is 1. The van der Waals surface area contributed by atoms with Crippen molar-refractivity contribution < 1.29 is 23.0 Å². The summed E-state index contributed by atoms with van der Waals surface area (Å²) in [5, 5.41) is 2.98. The average molecular weight is 419 g/mol. The van der Waals surface area contributed by atoms with Crippen LogP contribution in [0.25, 0.3) is 10.9 Å². The zero-order valence-electron chi connectivity index (χ0n) is 16.2. The highest BCUT2D eigenvalue weighted by Crippen LogP contribution is 2.29. The Labute approximate surface area is 169 Å². The van der Waals surface area contributed by atoms with Crippen LogP contribution < -0.4 is 26.0 Å². The van der Waals surface area contributed by atoms with Crippen molar-refractivity contribution in [3.8, 4) is 11.5 Å². The second kappa shape index (κ2) is 8.76. The van der Waals surface area contributed by atoms with Crippen LogP contribution in [0, 0.1) is 0 Å². The molecule has 2 aromatic carbocycles. The van der Waals surface area contributed by atoms with E-state index < -0.39 is 23.8 Å². The van der Waals surface area contributed by atoms with E-state index in [1.165, 1.54) is 43.5 Å². The molecule has 0 saturated carbocycles. The van der Waals surface area contributed by atoms with Crippen molar-refractivity contribution in [1.29, 1.82) is 0 Å². The number of nitrogens with one attached hydrogen (secondary N) is 2. The second-order valence-electron chi connectivity index (χ2n) is 6.29. The largest absolute Gasteiger partial charge is 0.493 e. The molecule has 0 spiro atoms. The number of methoxy groups -OCH3 is 1. The number of rotatable bonds is 7. The van der Waals surface area contributed by atoms with Crippen molar-refractivity contribution in [3.05, 3.63) is 68.4 Å². The molecule has 2 N–H and O–H groups in total. The van der Waals surface area contributed by atoms with Crippen molar-refractivity contribution in [2.24, 2.45) is 0 Å². The molecule has 1 heterocycles. The minimum absolute atomic E-state index is 0.0934. The third-order valence-electron chi connectivity index (χ3n) is 4.46. The predicted molar refractivity (Wildman–Crippen MR) is 105 cm³/mol. The molecule has 1 aromatic heterocycles. The zero-order chi connectivity index (χ0) is 21.8. The molecule has 0 saturated heterocycles. The molecule has 0 fully saturated rings. The molecule has 1 amide bonds. The van der Waals surface area contributed by atoms with Gasteiger partial charge in [0, 0.05) is 18.7 Å². The Morgan fingerprint density at radius 3 is 2.60 bits per heavy atom. The number of halogens is 2. The number of carbonyl (C=O) groups is 1. The number of carbonyl (C=O) groups excluding carboxylic acids is 1. The van der Waals surface area contributed by atoms with E-state index in [0.29, 0.717) is 10.9 Å². The summed E-state index contributed by atoms with van der Waals surface area (Å²) in [6.07, 6.45) is 0. The first-order chi connectivity index (χ1) is 14.3. The highest BCUT2D eigenvalue weighted by molar-refractivity contribution is 5.97. The average Bonchev–Trinajstić information content (AvgIpc) is 2.72. The summed E-state index contributed by atoms with van der Waals surface area (Å²) in [4.78, 5) is 39.3. The number of aromatic nitrogens is 2. The van der Waals surface area contributed by atoms with Crippen LogP contribution in [-0.2, 0) is 13.1 Å². The minimum Gasteiger partial charge on any atom is -0.493 e. The third kappa shape index (κ3) is 4.32. The molecule has 0 aliphatic heterocycles. The molecule has 10 heteroatoms. The fourth-order valence-corrected chi connectivity index (χ4v) is 2.98. The van der Waals surface area contributed by atoms with Gasteiger partial charge < -0.3 is 19.8 Å². The molecule has 3 aromatic rings. The van der Waals surface area contributed by atoms with Gasteiger partial charge in [0.15, 0.2) is 11.5 Å². The van der Waals surface area contributed by atoms with Gasteiger partial charge in [-0.2, -0.15) is 8.78 Å². The lowest BCUT2D eigenvalue weighted by atomic mass is 10.1. The molecule has 0 bridgehead atoms. The summed E-state index contributed by atoms with van der Waals surface area (Å²) in [7, 11) is 1.32. The lowest BCUT2D eigenvalue weighted by Crippen LogP contribution is -2.34. The van der Waals surface area contributed by atoms with Gasteiger partial charge in [-0.25, -0.2) is 4.79 Å². The van der Waals surface area contributed by atoms with Gasteiger partial charge in [-0.1, -0.05) is 6.07 Å². The van der Waals surface area contributed by atoms with Crippen molar-refractivity contribution in [3.63, 3.8) is 0 Å². The molecule has 0 aliphatic carbocycles. The van der Waals surface area contributed by atoms with E-state index in [4.69, 9.17) is 4.74 Å². The van der Waals surface area contributed by atoms with Crippen molar-refractivity contribution in [2.75, 3.05) is 7.11 Å².